The average Bonchev–Trinajstić information content (AvgIpc) is 1.94. The molecule has 0 aromatic carbocycles. The van der Waals surface area contributed by atoms with Gasteiger partial charge in [-0.25, -0.2) is 0 Å². The Balaban J connectivity index is 2.32. The predicted molar refractivity (Wildman–Crippen MR) is 41.8 cm³/mol. The molecule has 0 spiro atoms. The van der Waals surface area contributed by atoms with Crippen LogP contribution in [0.25, 0.3) is 0 Å². The van der Waals surface area contributed by atoms with E-state index in [-0.39, 0.29) is 12.1 Å². The molecule has 2 N–H and O–H groups in total. The van der Waals surface area contributed by atoms with Gasteiger partial charge in [0.2, 0.25) is 0 Å². The Labute approximate surface area is 61.9 Å². The molecule has 0 unspecified atom stereocenters. The second-order valence-electron chi connectivity index (χ2n) is 2.79. The van der Waals surface area contributed by atoms with Crippen molar-refractivity contribution in [3.05, 3.63) is 12.7 Å². The van der Waals surface area contributed by atoms with Crippen LogP contribution in [0, 0.1) is 0 Å². The zero-order chi connectivity index (χ0) is 7.40. The average molecular weight is 141 g/mol. The summed E-state index contributed by atoms with van der Waals surface area (Å²) >= 11 is 0. The van der Waals surface area contributed by atoms with Crippen LogP contribution >= 0.6 is 0 Å². The maximum absolute atomic E-state index is 9.39. The molecule has 1 heterocycles. The van der Waals surface area contributed by atoms with Crippen molar-refractivity contribution in [3.63, 3.8) is 0 Å². The third-order valence-corrected chi connectivity index (χ3v) is 1.97. The van der Waals surface area contributed by atoms with Crippen LogP contribution in [0.1, 0.15) is 19.3 Å². The molecular formula is C8H15NO. The van der Waals surface area contributed by atoms with Gasteiger partial charge in [-0.05, 0) is 25.8 Å². The molecule has 0 saturated carbocycles. The van der Waals surface area contributed by atoms with Crippen LogP contribution in [0.3, 0.4) is 0 Å². The number of piperidine rings is 1. The maximum Gasteiger partial charge on any atom is 0.0696 e. The van der Waals surface area contributed by atoms with Gasteiger partial charge in [-0.1, -0.05) is 6.08 Å². The fourth-order valence-corrected chi connectivity index (χ4v) is 1.36. The minimum Gasteiger partial charge on any atom is -0.391 e. The van der Waals surface area contributed by atoms with E-state index in [0.717, 1.165) is 25.8 Å². The Hall–Kier alpha value is -0.340. The molecule has 0 aliphatic carbocycles. The van der Waals surface area contributed by atoms with Crippen LogP contribution in [0.4, 0.5) is 0 Å². The van der Waals surface area contributed by atoms with Gasteiger partial charge in [0.15, 0.2) is 0 Å². The molecule has 0 bridgehead atoms. The number of aliphatic hydroxyl groups is 1. The zero-order valence-corrected chi connectivity index (χ0v) is 6.21. The minimum atomic E-state index is -0.160. The molecular weight excluding hydrogens is 126 g/mol. The molecule has 0 radical (unpaired) electrons. The number of rotatable bonds is 2. The number of hydrogen-bond donors (Lipinski definition) is 2. The molecule has 1 aliphatic rings. The lowest BCUT2D eigenvalue weighted by Crippen LogP contribution is -2.44. The van der Waals surface area contributed by atoms with E-state index in [2.05, 4.69) is 11.9 Å². The molecule has 2 heteroatoms. The van der Waals surface area contributed by atoms with Crippen LogP contribution in [-0.2, 0) is 0 Å². The first-order chi connectivity index (χ1) is 4.84. The molecule has 0 aromatic rings. The largest absolute Gasteiger partial charge is 0.391 e. The van der Waals surface area contributed by atoms with E-state index in [9.17, 15) is 5.11 Å². The predicted octanol–water partition coefficient (Wildman–Crippen LogP) is 0.675. The van der Waals surface area contributed by atoms with Crippen LogP contribution in [-0.4, -0.2) is 23.8 Å². The van der Waals surface area contributed by atoms with Gasteiger partial charge in [-0.15, -0.1) is 6.58 Å². The van der Waals surface area contributed by atoms with Gasteiger partial charge in [0, 0.05) is 6.04 Å². The number of aliphatic hydroxyl groups excluding tert-OH is 1. The van der Waals surface area contributed by atoms with Gasteiger partial charge < -0.3 is 10.4 Å². The molecule has 0 amide bonds. The fraction of sp³-hybridized carbons (Fsp3) is 0.750. The highest BCUT2D eigenvalue weighted by atomic mass is 16.3. The van der Waals surface area contributed by atoms with E-state index in [4.69, 9.17) is 0 Å². The third kappa shape index (κ3) is 1.82. The standard InChI is InChI=1S/C8H15NO/c1-2-4-7-8(10)5-3-6-9-7/h2,7-10H,1,3-6H2/t7-,8-/m0/s1. The quantitative estimate of drug-likeness (QED) is 0.554. The van der Waals surface area contributed by atoms with Gasteiger partial charge >= 0.3 is 0 Å². The number of nitrogens with one attached hydrogen (secondary N) is 1. The summed E-state index contributed by atoms with van der Waals surface area (Å²) in [7, 11) is 0. The topological polar surface area (TPSA) is 32.3 Å². The van der Waals surface area contributed by atoms with Crippen molar-refractivity contribution in [2.75, 3.05) is 6.54 Å². The molecule has 1 saturated heterocycles. The molecule has 58 valence electrons. The van der Waals surface area contributed by atoms with Crippen molar-refractivity contribution < 1.29 is 5.11 Å². The SMILES string of the molecule is C=CC[C@@H]1NCCC[C@@H]1O. The summed E-state index contributed by atoms with van der Waals surface area (Å²) in [6.45, 7) is 4.68. The van der Waals surface area contributed by atoms with E-state index in [1.54, 1.807) is 0 Å². The molecule has 1 rings (SSSR count). The van der Waals surface area contributed by atoms with Crippen LogP contribution < -0.4 is 5.32 Å². The Morgan fingerprint density at radius 2 is 2.50 bits per heavy atom. The van der Waals surface area contributed by atoms with Gasteiger partial charge in [-0.3, -0.25) is 0 Å². The van der Waals surface area contributed by atoms with E-state index < -0.39 is 0 Å². The van der Waals surface area contributed by atoms with E-state index >= 15 is 0 Å². The summed E-state index contributed by atoms with van der Waals surface area (Å²) in [6.07, 6.45) is 4.60. The van der Waals surface area contributed by atoms with E-state index in [0.29, 0.717) is 0 Å². The van der Waals surface area contributed by atoms with Crippen LogP contribution in [0.2, 0.25) is 0 Å². The highest BCUT2D eigenvalue weighted by Gasteiger charge is 2.20. The Morgan fingerprint density at radius 3 is 3.10 bits per heavy atom. The highest BCUT2D eigenvalue weighted by Crippen LogP contribution is 2.10. The molecule has 1 aliphatic heterocycles. The second kappa shape index (κ2) is 3.74. The molecule has 2 nitrogen and oxygen atoms in total. The first-order valence-corrected chi connectivity index (χ1v) is 3.87. The highest BCUT2D eigenvalue weighted by molar-refractivity contribution is 4.86. The smallest absolute Gasteiger partial charge is 0.0696 e. The van der Waals surface area contributed by atoms with Crippen molar-refractivity contribution in [1.29, 1.82) is 0 Å². The maximum atomic E-state index is 9.39. The van der Waals surface area contributed by atoms with Crippen molar-refractivity contribution in [1.82, 2.24) is 5.32 Å². The van der Waals surface area contributed by atoms with E-state index in [1.807, 2.05) is 6.08 Å². The molecule has 10 heavy (non-hydrogen) atoms. The van der Waals surface area contributed by atoms with Gasteiger partial charge in [0.1, 0.15) is 0 Å². The Morgan fingerprint density at radius 1 is 1.70 bits per heavy atom. The normalized spacial score (nSPS) is 33.7. The summed E-state index contributed by atoms with van der Waals surface area (Å²) < 4.78 is 0. The lowest BCUT2D eigenvalue weighted by molar-refractivity contribution is 0.0976. The van der Waals surface area contributed by atoms with Gasteiger partial charge in [-0.2, -0.15) is 0 Å². The molecule has 1 fully saturated rings. The van der Waals surface area contributed by atoms with Crippen molar-refractivity contribution in [2.45, 2.75) is 31.4 Å². The summed E-state index contributed by atoms with van der Waals surface area (Å²) in [5.74, 6) is 0. The Kier molecular flexibility index (Phi) is 2.90. The lowest BCUT2D eigenvalue weighted by atomic mass is 9.99. The monoisotopic (exact) mass is 141 g/mol. The minimum absolute atomic E-state index is 0.160. The fourth-order valence-electron chi connectivity index (χ4n) is 1.36. The van der Waals surface area contributed by atoms with E-state index in [1.165, 1.54) is 0 Å². The van der Waals surface area contributed by atoms with Crippen molar-refractivity contribution in [3.8, 4) is 0 Å². The lowest BCUT2D eigenvalue weighted by Gasteiger charge is -2.27. The molecule has 0 aromatic heterocycles. The first-order valence-electron chi connectivity index (χ1n) is 3.87. The van der Waals surface area contributed by atoms with Gasteiger partial charge in [0.05, 0.1) is 6.10 Å². The summed E-state index contributed by atoms with van der Waals surface area (Å²) in [5.41, 5.74) is 0. The van der Waals surface area contributed by atoms with Crippen LogP contribution in [0.5, 0.6) is 0 Å². The second-order valence-corrected chi connectivity index (χ2v) is 2.79. The first kappa shape index (κ1) is 7.76. The molecule has 2 atom stereocenters. The van der Waals surface area contributed by atoms with Gasteiger partial charge in [0.25, 0.3) is 0 Å². The summed E-state index contributed by atoms with van der Waals surface area (Å²) in [5, 5.41) is 12.6. The third-order valence-electron chi connectivity index (χ3n) is 1.97. The van der Waals surface area contributed by atoms with Crippen molar-refractivity contribution >= 4 is 0 Å². The summed E-state index contributed by atoms with van der Waals surface area (Å²) in [6, 6.07) is 0.256. The Bertz CT molecular complexity index is 114. The van der Waals surface area contributed by atoms with Crippen molar-refractivity contribution in [2.24, 2.45) is 0 Å². The summed E-state index contributed by atoms with van der Waals surface area (Å²) in [4.78, 5) is 0. The zero-order valence-electron chi connectivity index (χ0n) is 6.21. The number of hydrogen-bond acceptors (Lipinski definition) is 2. The van der Waals surface area contributed by atoms with Crippen LogP contribution in [0.15, 0.2) is 12.7 Å².